The molecular formula is C15H11NO3S2. The number of hydrogen-bond donors (Lipinski definition) is 1. The van der Waals surface area contributed by atoms with Crippen LogP contribution in [0.25, 0.3) is 16.5 Å². The average Bonchev–Trinajstić information content (AvgIpc) is 3.07. The Hall–Kier alpha value is -2.05. The third kappa shape index (κ3) is 3.01. The highest BCUT2D eigenvalue weighted by Gasteiger charge is 2.25. The first-order chi connectivity index (χ1) is 10.2. The minimum absolute atomic E-state index is 0.321. The first kappa shape index (κ1) is 13.9. The molecule has 1 aromatic heterocycles. The molecule has 0 radical (unpaired) electrons. The fourth-order valence-corrected chi connectivity index (χ4v) is 3.60. The van der Waals surface area contributed by atoms with Gasteiger partial charge in [-0.15, -0.1) is 11.3 Å². The summed E-state index contributed by atoms with van der Waals surface area (Å²) in [6.07, 6.45) is 1.74. The molecule has 4 nitrogen and oxygen atoms in total. The van der Waals surface area contributed by atoms with E-state index in [-0.39, 0.29) is 11.1 Å². The number of benzene rings is 1. The van der Waals surface area contributed by atoms with E-state index in [0.29, 0.717) is 4.91 Å². The minimum Gasteiger partial charge on any atom is -0.497 e. The van der Waals surface area contributed by atoms with Gasteiger partial charge in [-0.2, -0.15) is 0 Å². The minimum atomic E-state index is -0.329. The monoisotopic (exact) mass is 317 g/mol. The van der Waals surface area contributed by atoms with E-state index in [2.05, 4.69) is 5.32 Å². The van der Waals surface area contributed by atoms with Gasteiger partial charge in [-0.1, -0.05) is 0 Å². The van der Waals surface area contributed by atoms with E-state index >= 15 is 0 Å². The lowest BCUT2D eigenvalue weighted by Crippen LogP contribution is -2.17. The van der Waals surface area contributed by atoms with Crippen molar-refractivity contribution < 1.29 is 14.3 Å². The lowest BCUT2D eigenvalue weighted by atomic mass is 10.2. The molecule has 0 spiro atoms. The van der Waals surface area contributed by atoms with Crippen LogP contribution in [0.3, 0.4) is 0 Å². The van der Waals surface area contributed by atoms with Crippen molar-refractivity contribution in [2.75, 3.05) is 7.11 Å². The summed E-state index contributed by atoms with van der Waals surface area (Å²) in [4.78, 5) is 25.1. The number of imide groups is 1. The second-order valence-electron chi connectivity index (χ2n) is 4.28. The molecular weight excluding hydrogens is 306 g/mol. The van der Waals surface area contributed by atoms with Crippen LogP contribution in [0.1, 0.15) is 4.88 Å². The van der Waals surface area contributed by atoms with Crippen LogP contribution in [-0.4, -0.2) is 18.3 Å². The lowest BCUT2D eigenvalue weighted by Gasteiger charge is -2.00. The normalized spacial score (nSPS) is 16.3. The van der Waals surface area contributed by atoms with Gasteiger partial charge in [0.05, 0.1) is 12.0 Å². The summed E-state index contributed by atoms with van der Waals surface area (Å²) in [5, 5.41) is 1.92. The van der Waals surface area contributed by atoms with Crippen molar-refractivity contribution in [3.8, 4) is 16.2 Å². The Balaban J connectivity index is 1.84. The summed E-state index contributed by atoms with van der Waals surface area (Å²) in [5.74, 6) is 0.486. The van der Waals surface area contributed by atoms with Crippen molar-refractivity contribution in [2.24, 2.45) is 0 Å². The maximum absolute atomic E-state index is 11.5. The van der Waals surface area contributed by atoms with Gasteiger partial charge in [-0.3, -0.25) is 14.9 Å². The Labute approximate surface area is 129 Å². The number of rotatable bonds is 3. The Morgan fingerprint density at radius 3 is 2.48 bits per heavy atom. The number of methoxy groups -OCH3 is 1. The molecule has 106 valence electrons. The molecule has 0 saturated carbocycles. The zero-order chi connectivity index (χ0) is 14.8. The third-order valence-corrected chi connectivity index (χ3v) is 4.81. The zero-order valence-corrected chi connectivity index (χ0v) is 12.7. The van der Waals surface area contributed by atoms with E-state index in [1.165, 1.54) is 0 Å². The molecule has 0 atom stereocenters. The van der Waals surface area contributed by atoms with Crippen LogP contribution in [0.4, 0.5) is 4.79 Å². The molecule has 1 aliphatic rings. The maximum Gasteiger partial charge on any atom is 0.290 e. The van der Waals surface area contributed by atoms with E-state index in [4.69, 9.17) is 4.74 Å². The second kappa shape index (κ2) is 5.75. The van der Waals surface area contributed by atoms with Crippen molar-refractivity contribution in [1.82, 2.24) is 5.32 Å². The molecule has 6 heteroatoms. The second-order valence-corrected chi connectivity index (χ2v) is 6.41. The van der Waals surface area contributed by atoms with E-state index in [0.717, 1.165) is 32.8 Å². The number of carbonyl (C=O) groups is 2. The summed E-state index contributed by atoms with van der Waals surface area (Å²) in [7, 11) is 1.63. The Bertz CT molecular complexity index is 732. The molecule has 3 rings (SSSR count). The SMILES string of the molecule is COc1ccc(-c2ccc(C=C3SC(=O)NC3=O)s2)cc1. The van der Waals surface area contributed by atoms with Gasteiger partial charge >= 0.3 is 0 Å². The first-order valence-corrected chi connectivity index (χ1v) is 7.78. The van der Waals surface area contributed by atoms with Crippen LogP contribution < -0.4 is 10.1 Å². The third-order valence-electron chi connectivity index (χ3n) is 2.92. The Kier molecular flexibility index (Phi) is 3.81. The van der Waals surface area contributed by atoms with Crippen LogP contribution in [0.15, 0.2) is 41.3 Å². The highest BCUT2D eigenvalue weighted by Crippen LogP contribution is 2.33. The van der Waals surface area contributed by atoms with Crippen molar-refractivity contribution >= 4 is 40.3 Å². The van der Waals surface area contributed by atoms with Gasteiger partial charge in [0.15, 0.2) is 0 Å². The smallest absolute Gasteiger partial charge is 0.290 e. The molecule has 0 bridgehead atoms. The van der Waals surface area contributed by atoms with Crippen LogP contribution in [0.2, 0.25) is 0 Å². The van der Waals surface area contributed by atoms with Gasteiger partial charge < -0.3 is 4.74 Å². The molecule has 2 amide bonds. The highest BCUT2D eigenvalue weighted by atomic mass is 32.2. The molecule has 1 aliphatic heterocycles. The topological polar surface area (TPSA) is 55.4 Å². The van der Waals surface area contributed by atoms with Gasteiger partial charge in [0.2, 0.25) is 0 Å². The Morgan fingerprint density at radius 2 is 1.86 bits per heavy atom. The van der Waals surface area contributed by atoms with E-state index in [9.17, 15) is 9.59 Å². The zero-order valence-electron chi connectivity index (χ0n) is 11.1. The van der Waals surface area contributed by atoms with Crippen molar-refractivity contribution in [3.05, 3.63) is 46.2 Å². The highest BCUT2D eigenvalue weighted by molar-refractivity contribution is 8.18. The quantitative estimate of drug-likeness (QED) is 0.876. The van der Waals surface area contributed by atoms with Gasteiger partial charge in [0.25, 0.3) is 11.1 Å². The molecule has 2 aromatic rings. The van der Waals surface area contributed by atoms with Gasteiger partial charge in [-0.05, 0) is 59.8 Å². The molecule has 1 fully saturated rings. The molecule has 0 aliphatic carbocycles. The number of hydrogen-bond acceptors (Lipinski definition) is 5. The number of nitrogens with one attached hydrogen (secondary N) is 1. The number of thiophene rings is 1. The van der Waals surface area contributed by atoms with Crippen molar-refractivity contribution in [2.45, 2.75) is 0 Å². The number of carbonyl (C=O) groups excluding carboxylic acids is 2. The summed E-state index contributed by atoms with van der Waals surface area (Å²) in [6.45, 7) is 0. The largest absolute Gasteiger partial charge is 0.497 e. The average molecular weight is 317 g/mol. The lowest BCUT2D eigenvalue weighted by molar-refractivity contribution is -0.115. The Morgan fingerprint density at radius 1 is 1.10 bits per heavy atom. The standard InChI is InChI=1S/C15H11NO3S2/c1-19-10-4-2-9(3-5-10)12-7-6-11(20-12)8-13-14(17)16-15(18)21-13/h2-8H,1H3,(H,16,17,18). The first-order valence-electron chi connectivity index (χ1n) is 6.15. The molecule has 21 heavy (non-hydrogen) atoms. The molecule has 2 heterocycles. The predicted molar refractivity (Wildman–Crippen MR) is 85.4 cm³/mol. The number of ether oxygens (including phenoxy) is 1. The van der Waals surface area contributed by atoms with E-state index in [1.807, 2.05) is 36.4 Å². The summed E-state index contributed by atoms with van der Waals surface area (Å²) in [6, 6.07) is 11.7. The number of amides is 2. The fourth-order valence-electron chi connectivity index (χ4n) is 1.89. The predicted octanol–water partition coefficient (Wildman–Crippen LogP) is 3.75. The van der Waals surface area contributed by atoms with Crippen LogP contribution >= 0.6 is 23.1 Å². The summed E-state index contributed by atoms with van der Waals surface area (Å²) >= 11 is 2.50. The van der Waals surface area contributed by atoms with Crippen molar-refractivity contribution in [3.63, 3.8) is 0 Å². The van der Waals surface area contributed by atoms with Gasteiger partial charge in [-0.25, -0.2) is 0 Å². The van der Waals surface area contributed by atoms with Crippen LogP contribution in [0.5, 0.6) is 5.75 Å². The fraction of sp³-hybridized carbons (Fsp3) is 0.0667. The maximum atomic E-state index is 11.5. The summed E-state index contributed by atoms with van der Waals surface area (Å²) in [5.41, 5.74) is 1.09. The van der Waals surface area contributed by atoms with E-state index < -0.39 is 0 Å². The molecule has 0 unspecified atom stereocenters. The van der Waals surface area contributed by atoms with E-state index in [1.54, 1.807) is 24.5 Å². The van der Waals surface area contributed by atoms with Gasteiger partial charge in [0.1, 0.15) is 5.75 Å². The van der Waals surface area contributed by atoms with Crippen LogP contribution in [0, 0.1) is 0 Å². The number of thioether (sulfide) groups is 1. The van der Waals surface area contributed by atoms with Crippen LogP contribution in [-0.2, 0) is 4.79 Å². The molecule has 1 aromatic carbocycles. The summed E-state index contributed by atoms with van der Waals surface area (Å²) < 4.78 is 5.14. The molecule has 1 saturated heterocycles. The van der Waals surface area contributed by atoms with Gasteiger partial charge in [0, 0.05) is 9.75 Å². The van der Waals surface area contributed by atoms with Crippen molar-refractivity contribution in [1.29, 1.82) is 0 Å². The molecule has 1 N–H and O–H groups in total.